The van der Waals surface area contributed by atoms with E-state index >= 15 is 0 Å². The first-order chi connectivity index (χ1) is 9.13. The Morgan fingerprint density at radius 3 is 2.37 bits per heavy atom. The van der Waals surface area contributed by atoms with Crippen molar-refractivity contribution in [3.63, 3.8) is 0 Å². The highest BCUT2D eigenvalue weighted by Crippen LogP contribution is 2.22. The molecule has 0 spiro atoms. The summed E-state index contributed by atoms with van der Waals surface area (Å²) in [6.07, 6.45) is 9.72. The van der Waals surface area contributed by atoms with Crippen molar-refractivity contribution < 1.29 is 4.74 Å². The molecule has 0 rings (SSSR count). The molecule has 0 fully saturated rings. The van der Waals surface area contributed by atoms with Gasteiger partial charge in [0.25, 0.3) is 0 Å². The van der Waals surface area contributed by atoms with E-state index in [2.05, 4.69) is 33.8 Å². The molecule has 2 atom stereocenters. The molecule has 2 heteroatoms. The second-order valence-electron chi connectivity index (χ2n) is 6.02. The van der Waals surface area contributed by atoms with Gasteiger partial charge in [-0.1, -0.05) is 53.4 Å². The molecular weight excluding hydrogens is 234 g/mol. The quantitative estimate of drug-likeness (QED) is 0.448. The van der Waals surface area contributed by atoms with E-state index in [1.54, 1.807) is 0 Å². The molecule has 0 aliphatic carbocycles. The molecule has 0 aromatic carbocycles. The molecule has 2 nitrogen and oxygen atoms in total. The molecule has 0 N–H and O–H groups in total. The van der Waals surface area contributed by atoms with Crippen LogP contribution in [0, 0.1) is 23.2 Å². The third-order valence-electron chi connectivity index (χ3n) is 3.74. The van der Waals surface area contributed by atoms with Crippen molar-refractivity contribution in [2.75, 3.05) is 6.61 Å². The van der Waals surface area contributed by atoms with E-state index in [-0.39, 0.29) is 0 Å². The molecular formula is C17H33NO. The minimum absolute atomic E-state index is 0.351. The van der Waals surface area contributed by atoms with Crippen LogP contribution >= 0.6 is 0 Å². The third-order valence-corrected chi connectivity index (χ3v) is 3.74. The second-order valence-corrected chi connectivity index (χ2v) is 6.02. The summed E-state index contributed by atoms with van der Waals surface area (Å²) in [4.78, 5) is 0. The van der Waals surface area contributed by atoms with Crippen molar-refractivity contribution in [2.24, 2.45) is 11.8 Å². The maximum Gasteiger partial charge on any atom is 0.0645 e. The first kappa shape index (κ1) is 18.4. The van der Waals surface area contributed by atoms with E-state index in [0.717, 1.165) is 18.8 Å². The van der Waals surface area contributed by atoms with Crippen LogP contribution in [0.3, 0.4) is 0 Å². The van der Waals surface area contributed by atoms with Crippen LogP contribution < -0.4 is 0 Å². The molecule has 0 saturated carbocycles. The van der Waals surface area contributed by atoms with E-state index in [9.17, 15) is 0 Å². The van der Waals surface area contributed by atoms with Crippen molar-refractivity contribution in [3.8, 4) is 6.07 Å². The monoisotopic (exact) mass is 267 g/mol. The molecule has 112 valence electrons. The van der Waals surface area contributed by atoms with Crippen LogP contribution in [0.25, 0.3) is 0 Å². The van der Waals surface area contributed by atoms with E-state index < -0.39 is 0 Å². The van der Waals surface area contributed by atoms with Gasteiger partial charge >= 0.3 is 0 Å². The van der Waals surface area contributed by atoms with E-state index in [1.165, 1.54) is 32.1 Å². The summed E-state index contributed by atoms with van der Waals surface area (Å²) in [5.74, 6) is 1.52. The van der Waals surface area contributed by atoms with Crippen LogP contribution in [0.1, 0.15) is 79.1 Å². The number of unbranched alkanes of at least 4 members (excludes halogenated alkanes) is 1. The smallest absolute Gasteiger partial charge is 0.0645 e. The number of hydrogen-bond donors (Lipinski definition) is 0. The summed E-state index contributed by atoms with van der Waals surface area (Å²) in [7, 11) is 0. The van der Waals surface area contributed by atoms with Crippen LogP contribution in [0.4, 0.5) is 0 Å². The minimum atomic E-state index is 0.351. The molecule has 0 aliphatic heterocycles. The lowest BCUT2D eigenvalue weighted by molar-refractivity contribution is 0.0322. The van der Waals surface area contributed by atoms with Crippen molar-refractivity contribution in [1.29, 1.82) is 5.26 Å². The van der Waals surface area contributed by atoms with E-state index in [0.29, 0.717) is 25.0 Å². The van der Waals surface area contributed by atoms with Gasteiger partial charge in [-0.15, -0.1) is 0 Å². The molecule has 0 heterocycles. The van der Waals surface area contributed by atoms with Crippen LogP contribution in [0.15, 0.2) is 0 Å². The average Bonchev–Trinajstić information content (AvgIpc) is 2.38. The van der Waals surface area contributed by atoms with Crippen molar-refractivity contribution in [3.05, 3.63) is 0 Å². The van der Waals surface area contributed by atoms with Gasteiger partial charge in [0.05, 0.1) is 25.2 Å². The fourth-order valence-corrected chi connectivity index (χ4v) is 2.53. The Kier molecular flexibility index (Phi) is 12.1. The average molecular weight is 267 g/mol. The standard InChI is InChI=1S/C17H33NO/c1-5-7-9-16(6-2)10-11-17(14-15(3)4)19-13-8-12-18/h15-17H,5-11,13-14H2,1-4H3. The molecule has 0 radical (unpaired) electrons. The Balaban J connectivity index is 4.03. The van der Waals surface area contributed by atoms with Gasteiger partial charge in [0.1, 0.15) is 0 Å². The molecule has 0 aromatic heterocycles. The number of nitriles is 1. The normalized spacial score (nSPS) is 14.3. The van der Waals surface area contributed by atoms with Gasteiger partial charge in [0, 0.05) is 0 Å². The molecule has 19 heavy (non-hydrogen) atoms. The Morgan fingerprint density at radius 2 is 1.84 bits per heavy atom. The second kappa shape index (κ2) is 12.5. The Hall–Kier alpha value is -0.550. The minimum Gasteiger partial charge on any atom is -0.377 e. The number of ether oxygens (including phenoxy) is 1. The Morgan fingerprint density at radius 1 is 1.11 bits per heavy atom. The van der Waals surface area contributed by atoms with Gasteiger partial charge < -0.3 is 4.74 Å². The lowest BCUT2D eigenvalue weighted by atomic mass is 9.91. The summed E-state index contributed by atoms with van der Waals surface area (Å²) in [6.45, 7) is 9.65. The largest absolute Gasteiger partial charge is 0.377 e. The summed E-state index contributed by atoms with van der Waals surface area (Å²) in [6, 6.07) is 2.16. The zero-order valence-corrected chi connectivity index (χ0v) is 13.5. The molecule has 0 aliphatic rings. The predicted molar refractivity (Wildman–Crippen MR) is 82.0 cm³/mol. The van der Waals surface area contributed by atoms with E-state index in [4.69, 9.17) is 10.00 Å². The summed E-state index contributed by atoms with van der Waals surface area (Å²) >= 11 is 0. The molecule has 0 saturated heterocycles. The van der Waals surface area contributed by atoms with Crippen LogP contribution in [-0.4, -0.2) is 12.7 Å². The van der Waals surface area contributed by atoms with Crippen LogP contribution in [0.5, 0.6) is 0 Å². The number of rotatable bonds is 12. The Labute approximate surface area is 120 Å². The summed E-state index contributed by atoms with van der Waals surface area (Å²) in [5.41, 5.74) is 0. The fourth-order valence-electron chi connectivity index (χ4n) is 2.53. The van der Waals surface area contributed by atoms with Gasteiger partial charge in [-0.25, -0.2) is 0 Å². The molecule has 0 amide bonds. The highest BCUT2D eigenvalue weighted by Gasteiger charge is 2.14. The topological polar surface area (TPSA) is 33.0 Å². The van der Waals surface area contributed by atoms with Crippen molar-refractivity contribution in [2.45, 2.75) is 85.2 Å². The highest BCUT2D eigenvalue weighted by molar-refractivity contribution is 4.70. The summed E-state index contributed by atoms with van der Waals surface area (Å²) in [5, 5.41) is 8.58. The molecule has 0 bridgehead atoms. The molecule has 0 aromatic rings. The first-order valence-corrected chi connectivity index (χ1v) is 8.12. The maximum atomic E-state index is 8.58. The van der Waals surface area contributed by atoms with Crippen molar-refractivity contribution >= 4 is 0 Å². The van der Waals surface area contributed by atoms with Crippen LogP contribution in [0.2, 0.25) is 0 Å². The van der Waals surface area contributed by atoms with Gasteiger partial charge in [-0.2, -0.15) is 5.26 Å². The maximum absolute atomic E-state index is 8.58. The first-order valence-electron chi connectivity index (χ1n) is 8.12. The SMILES string of the molecule is CCCCC(CC)CCC(CC(C)C)OCCC#N. The zero-order valence-electron chi connectivity index (χ0n) is 13.5. The number of hydrogen-bond acceptors (Lipinski definition) is 2. The predicted octanol–water partition coefficient (Wildman–Crippen LogP) is 5.33. The Bertz CT molecular complexity index is 232. The van der Waals surface area contributed by atoms with Gasteiger partial charge in [0.2, 0.25) is 0 Å². The zero-order chi connectivity index (χ0) is 14.5. The van der Waals surface area contributed by atoms with Crippen molar-refractivity contribution in [1.82, 2.24) is 0 Å². The number of nitrogens with zero attached hydrogens (tertiary/aromatic N) is 1. The van der Waals surface area contributed by atoms with E-state index in [1.807, 2.05) is 0 Å². The highest BCUT2D eigenvalue weighted by atomic mass is 16.5. The lowest BCUT2D eigenvalue weighted by Gasteiger charge is -2.22. The van der Waals surface area contributed by atoms with Gasteiger partial charge in [-0.05, 0) is 31.1 Å². The van der Waals surface area contributed by atoms with Gasteiger partial charge in [-0.3, -0.25) is 0 Å². The molecule has 2 unspecified atom stereocenters. The fraction of sp³-hybridized carbons (Fsp3) is 0.941. The van der Waals surface area contributed by atoms with Crippen LogP contribution in [-0.2, 0) is 4.74 Å². The lowest BCUT2D eigenvalue weighted by Crippen LogP contribution is -2.18. The summed E-state index contributed by atoms with van der Waals surface area (Å²) < 4.78 is 5.87. The third kappa shape index (κ3) is 11.0. The van der Waals surface area contributed by atoms with Gasteiger partial charge in [0.15, 0.2) is 0 Å².